The monoisotopic (exact) mass is 362 g/mol. The van der Waals surface area contributed by atoms with Crippen molar-refractivity contribution in [2.24, 2.45) is 0 Å². The van der Waals surface area contributed by atoms with E-state index in [0.717, 1.165) is 18.7 Å². The molecule has 0 radical (unpaired) electrons. The van der Waals surface area contributed by atoms with Crippen molar-refractivity contribution in [2.75, 3.05) is 13.1 Å². The predicted molar refractivity (Wildman–Crippen MR) is 86.2 cm³/mol. The number of benzene rings is 1. The van der Waals surface area contributed by atoms with Crippen molar-refractivity contribution in [1.82, 2.24) is 9.62 Å². The molecule has 0 aliphatic heterocycles. The lowest BCUT2D eigenvalue weighted by molar-refractivity contribution is 0.369. The van der Waals surface area contributed by atoms with Crippen LogP contribution in [0.25, 0.3) is 0 Å². The van der Waals surface area contributed by atoms with Crippen LogP contribution in [-0.4, -0.2) is 31.9 Å². The Labute approximate surface area is 130 Å². The Balaban J connectivity index is 3.13. The summed E-state index contributed by atoms with van der Waals surface area (Å²) in [5, 5.41) is 3.22. The summed E-state index contributed by atoms with van der Waals surface area (Å²) in [4.78, 5) is 0.327. The molecular weight excluding hydrogens is 340 g/mol. The van der Waals surface area contributed by atoms with Gasteiger partial charge in [0, 0.05) is 23.6 Å². The fraction of sp³-hybridized carbons (Fsp3) is 0.571. The van der Waals surface area contributed by atoms with Gasteiger partial charge >= 0.3 is 0 Å². The van der Waals surface area contributed by atoms with Gasteiger partial charge in [-0.15, -0.1) is 0 Å². The summed E-state index contributed by atoms with van der Waals surface area (Å²) in [7, 11) is -3.45. The molecular formula is C14H23BrN2O2S. The molecule has 0 aromatic heterocycles. The largest absolute Gasteiger partial charge is 0.313 e. The zero-order valence-corrected chi connectivity index (χ0v) is 14.9. The maximum absolute atomic E-state index is 12.6. The molecule has 0 spiro atoms. The van der Waals surface area contributed by atoms with Gasteiger partial charge in [0.2, 0.25) is 10.0 Å². The summed E-state index contributed by atoms with van der Waals surface area (Å²) in [6.07, 6.45) is 0. The zero-order valence-electron chi connectivity index (χ0n) is 12.5. The first kappa shape index (κ1) is 17.6. The molecule has 0 atom stereocenters. The van der Waals surface area contributed by atoms with Crippen LogP contribution in [0.5, 0.6) is 0 Å². The average Bonchev–Trinajstić information content (AvgIpc) is 2.35. The van der Waals surface area contributed by atoms with Gasteiger partial charge in [0.25, 0.3) is 0 Å². The molecule has 20 heavy (non-hydrogen) atoms. The molecule has 4 nitrogen and oxygen atoms in total. The summed E-state index contributed by atoms with van der Waals surface area (Å²) >= 11 is 3.39. The second kappa shape index (κ2) is 7.54. The van der Waals surface area contributed by atoms with E-state index in [1.807, 2.05) is 39.8 Å². The van der Waals surface area contributed by atoms with Gasteiger partial charge in [-0.1, -0.05) is 19.9 Å². The Bertz CT molecular complexity index is 544. The maximum atomic E-state index is 12.6. The third kappa shape index (κ3) is 4.04. The molecule has 0 heterocycles. The lowest BCUT2D eigenvalue weighted by Gasteiger charge is -2.25. The van der Waals surface area contributed by atoms with Crippen LogP contribution in [0.2, 0.25) is 0 Å². The average molecular weight is 363 g/mol. The number of rotatable bonds is 7. The highest BCUT2D eigenvalue weighted by atomic mass is 79.9. The Morgan fingerprint density at radius 1 is 1.30 bits per heavy atom. The van der Waals surface area contributed by atoms with Gasteiger partial charge < -0.3 is 5.32 Å². The van der Waals surface area contributed by atoms with E-state index in [9.17, 15) is 8.42 Å². The van der Waals surface area contributed by atoms with E-state index in [2.05, 4.69) is 21.2 Å². The van der Waals surface area contributed by atoms with E-state index in [-0.39, 0.29) is 6.04 Å². The smallest absolute Gasteiger partial charge is 0.244 e. The first-order valence-electron chi connectivity index (χ1n) is 6.85. The fourth-order valence-corrected chi connectivity index (χ4v) is 4.80. The zero-order chi connectivity index (χ0) is 15.3. The molecule has 0 saturated heterocycles. The number of hydrogen-bond donors (Lipinski definition) is 1. The number of halogens is 1. The third-order valence-electron chi connectivity index (χ3n) is 3.05. The van der Waals surface area contributed by atoms with Crippen molar-refractivity contribution in [3.05, 3.63) is 28.2 Å². The van der Waals surface area contributed by atoms with E-state index in [1.54, 1.807) is 6.07 Å². The van der Waals surface area contributed by atoms with E-state index in [4.69, 9.17) is 0 Å². The molecule has 1 rings (SSSR count). The highest BCUT2D eigenvalue weighted by molar-refractivity contribution is 9.10. The van der Waals surface area contributed by atoms with E-state index >= 15 is 0 Å². The topological polar surface area (TPSA) is 49.4 Å². The fourth-order valence-electron chi connectivity index (χ4n) is 2.07. The summed E-state index contributed by atoms with van der Waals surface area (Å²) < 4.78 is 27.4. The van der Waals surface area contributed by atoms with Crippen LogP contribution in [0.15, 0.2) is 27.6 Å². The predicted octanol–water partition coefficient (Wildman–Crippen LogP) is 2.98. The molecule has 114 valence electrons. The van der Waals surface area contributed by atoms with Crippen molar-refractivity contribution in [1.29, 1.82) is 0 Å². The van der Waals surface area contributed by atoms with E-state index in [0.29, 0.717) is 15.9 Å². The first-order chi connectivity index (χ1) is 9.34. The van der Waals surface area contributed by atoms with Gasteiger partial charge in [-0.3, -0.25) is 0 Å². The minimum atomic E-state index is -3.45. The van der Waals surface area contributed by atoms with Crippen LogP contribution < -0.4 is 5.32 Å². The third-order valence-corrected chi connectivity index (χ3v) is 6.18. The number of nitrogens with one attached hydrogen (secondary N) is 1. The van der Waals surface area contributed by atoms with Gasteiger partial charge in [-0.25, -0.2) is 8.42 Å². The Kier molecular flexibility index (Phi) is 6.64. The second-order valence-electron chi connectivity index (χ2n) is 4.85. The quantitative estimate of drug-likeness (QED) is 0.810. The summed E-state index contributed by atoms with van der Waals surface area (Å²) in [6.45, 7) is 9.74. The molecule has 6 heteroatoms. The van der Waals surface area contributed by atoms with Gasteiger partial charge in [0.15, 0.2) is 0 Å². The Morgan fingerprint density at radius 3 is 2.40 bits per heavy atom. The molecule has 0 unspecified atom stereocenters. The van der Waals surface area contributed by atoms with Crippen molar-refractivity contribution < 1.29 is 8.42 Å². The SMILES string of the molecule is CCNCc1ccc(S(=O)(=O)N(CC)C(C)C)c(Br)c1. The van der Waals surface area contributed by atoms with Crippen LogP contribution in [0.3, 0.4) is 0 Å². The van der Waals surface area contributed by atoms with Crippen LogP contribution >= 0.6 is 15.9 Å². The highest BCUT2D eigenvalue weighted by Crippen LogP contribution is 2.27. The van der Waals surface area contributed by atoms with Crippen molar-refractivity contribution in [3.63, 3.8) is 0 Å². The lowest BCUT2D eigenvalue weighted by Crippen LogP contribution is -2.36. The first-order valence-corrected chi connectivity index (χ1v) is 9.08. The molecule has 0 saturated carbocycles. The lowest BCUT2D eigenvalue weighted by atomic mass is 10.2. The molecule has 0 amide bonds. The highest BCUT2D eigenvalue weighted by Gasteiger charge is 2.27. The van der Waals surface area contributed by atoms with Crippen molar-refractivity contribution in [2.45, 2.75) is 45.2 Å². The molecule has 0 bridgehead atoms. The van der Waals surface area contributed by atoms with Crippen LogP contribution in [0.4, 0.5) is 0 Å². The van der Waals surface area contributed by atoms with Crippen LogP contribution in [0, 0.1) is 0 Å². The Hall–Kier alpha value is -0.430. The van der Waals surface area contributed by atoms with Crippen LogP contribution in [-0.2, 0) is 16.6 Å². The summed E-state index contributed by atoms with van der Waals surface area (Å²) in [5.41, 5.74) is 1.06. The van der Waals surface area contributed by atoms with E-state index in [1.165, 1.54) is 4.31 Å². The van der Waals surface area contributed by atoms with E-state index < -0.39 is 10.0 Å². The molecule has 1 aromatic carbocycles. The normalized spacial score (nSPS) is 12.3. The minimum Gasteiger partial charge on any atom is -0.313 e. The molecule has 1 N–H and O–H groups in total. The molecule has 0 fully saturated rings. The molecule has 1 aromatic rings. The van der Waals surface area contributed by atoms with Crippen molar-refractivity contribution >= 4 is 26.0 Å². The molecule has 0 aliphatic rings. The van der Waals surface area contributed by atoms with Gasteiger partial charge in [0.1, 0.15) is 0 Å². The van der Waals surface area contributed by atoms with Crippen LogP contribution in [0.1, 0.15) is 33.3 Å². The van der Waals surface area contributed by atoms with Gasteiger partial charge in [-0.2, -0.15) is 4.31 Å². The maximum Gasteiger partial charge on any atom is 0.244 e. The summed E-state index contributed by atoms with van der Waals surface area (Å²) in [5.74, 6) is 0. The minimum absolute atomic E-state index is 0.0571. The van der Waals surface area contributed by atoms with Gasteiger partial charge in [-0.05, 0) is 54.0 Å². The number of hydrogen-bond acceptors (Lipinski definition) is 3. The summed E-state index contributed by atoms with van der Waals surface area (Å²) in [6, 6.07) is 5.34. The second-order valence-corrected chi connectivity index (χ2v) is 7.56. The Morgan fingerprint density at radius 2 is 1.95 bits per heavy atom. The van der Waals surface area contributed by atoms with Crippen molar-refractivity contribution in [3.8, 4) is 0 Å². The molecule has 0 aliphatic carbocycles. The van der Waals surface area contributed by atoms with Gasteiger partial charge in [0.05, 0.1) is 4.90 Å². The number of sulfonamides is 1. The number of nitrogens with zero attached hydrogens (tertiary/aromatic N) is 1. The standard InChI is InChI=1S/C14H23BrN2O2S/c1-5-16-10-12-7-8-14(13(15)9-12)20(18,19)17(6-2)11(3)4/h7-9,11,16H,5-6,10H2,1-4H3.